The van der Waals surface area contributed by atoms with E-state index in [1.165, 1.54) is 0 Å². The van der Waals surface area contributed by atoms with Crippen LogP contribution in [-0.2, 0) is 6.54 Å². The molecule has 0 aliphatic carbocycles. The van der Waals surface area contributed by atoms with E-state index in [9.17, 15) is 9.90 Å². The van der Waals surface area contributed by atoms with E-state index in [1.807, 2.05) is 6.92 Å². The van der Waals surface area contributed by atoms with Crippen LogP contribution < -0.4 is 10.6 Å². The van der Waals surface area contributed by atoms with Gasteiger partial charge in [-0.15, -0.1) is 0 Å². The van der Waals surface area contributed by atoms with Crippen molar-refractivity contribution in [2.24, 2.45) is 0 Å². The lowest BCUT2D eigenvalue weighted by atomic mass is 10.2. The number of aliphatic hydroxyl groups is 1. The largest absolute Gasteiger partial charge is 0.393 e. The molecule has 0 spiro atoms. The zero-order chi connectivity index (χ0) is 13.4. The topological polar surface area (TPSA) is 79.2 Å². The van der Waals surface area contributed by atoms with Crippen LogP contribution in [0, 0.1) is 0 Å². The Morgan fingerprint density at radius 1 is 1.56 bits per heavy atom. The molecule has 0 aliphatic heterocycles. The van der Waals surface area contributed by atoms with E-state index >= 15 is 0 Å². The zero-order valence-corrected chi connectivity index (χ0v) is 11.0. The number of carbonyl (C=O) groups excluding carboxylic acids is 1. The van der Waals surface area contributed by atoms with Crippen LogP contribution in [0.3, 0.4) is 0 Å². The van der Waals surface area contributed by atoms with E-state index in [0.29, 0.717) is 25.1 Å². The number of aromatic nitrogens is 2. The number of urea groups is 1. The van der Waals surface area contributed by atoms with Crippen LogP contribution in [0.15, 0.2) is 12.4 Å². The Kier molecular flexibility index (Phi) is 6.21. The van der Waals surface area contributed by atoms with Gasteiger partial charge >= 0.3 is 6.03 Å². The average molecular weight is 254 g/mol. The summed E-state index contributed by atoms with van der Waals surface area (Å²) in [5.41, 5.74) is 0.678. The fourth-order valence-corrected chi connectivity index (χ4v) is 1.51. The van der Waals surface area contributed by atoms with E-state index in [4.69, 9.17) is 0 Å². The molecule has 0 aromatic carbocycles. The minimum Gasteiger partial charge on any atom is -0.393 e. The van der Waals surface area contributed by atoms with Gasteiger partial charge in [-0.1, -0.05) is 13.8 Å². The van der Waals surface area contributed by atoms with Crippen molar-refractivity contribution in [1.29, 1.82) is 0 Å². The molecule has 1 aromatic rings. The SMILES string of the molecule is CCCn1cc(NC(=O)NCCC(O)CC)cn1. The number of anilines is 1. The molecule has 18 heavy (non-hydrogen) atoms. The van der Waals surface area contributed by atoms with Gasteiger partial charge in [-0.2, -0.15) is 5.10 Å². The van der Waals surface area contributed by atoms with Crippen LogP contribution in [0.5, 0.6) is 0 Å². The highest BCUT2D eigenvalue weighted by Gasteiger charge is 2.05. The maximum Gasteiger partial charge on any atom is 0.319 e. The Morgan fingerprint density at radius 2 is 2.33 bits per heavy atom. The third kappa shape index (κ3) is 5.18. The minimum absolute atomic E-state index is 0.269. The molecule has 0 saturated heterocycles. The molecule has 0 saturated carbocycles. The lowest BCUT2D eigenvalue weighted by molar-refractivity contribution is 0.160. The summed E-state index contributed by atoms with van der Waals surface area (Å²) < 4.78 is 1.79. The summed E-state index contributed by atoms with van der Waals surface area (Å²) in [5.74, 6) is 0. The molecule has 1 aromatic heterocycles. The Balaban J connectivity index is 2.26. The maximum absolute atomic E-state index is 11.5. The van der Waals surface area contributed by atoms with Crippen molar-refractivity contribution in [2.75, 3.05) is 11.9 Å². The van der Waals surface area contributed by atoms with Crippen molar-refractivity contribution < 1.29 is 9.90 Å². The van der Waals surface area contributed by atoms with Crippen LogP contribution in [0.25, 0.3) is 0 Å². The third-order valence-electron chi connectivity index (χ3n) is 2.58. The zero-order valence-electron chi connectivity index (χ0n) is 11.0. The molecule has 0 aliphatic rings. The normalized spacial score (nSPS) is 12.2. The highest BCUT2D eigenvalue weighted by atomic mass is 16.3. The van der Waals surface area contributed by atoms with Gasteiger partial charge in [0.25, 0.3) is 0 Å². The van der Waals surface area contributed by atoms with Gasteiger partial charge < -0.3 is 15.7 Å². The molecule has 0 bridgehead atoms. The van der Waals surface area contributed by atoms with Crippen molar-refractivity contribution >= 4 is 11.7 Å². The highest BCUT2D eigenvalue weighted by Crippen LogP contribution is 2.04. The summed E-state index contributed by atoms with van der Waals surface area (Å²) in [6, 6.07) is -0.269. The van der Waals surface area contributed by atoms with E-state index < -0.39 is 0 Å². The number of nitrogens with one attached hydrogen (secondary N) is 2. The first kappa shape index (κ1) is 14.5. The first-order valence-corrected chi connectivity index (χ1v) is 6.41. The summed E-state index contributed by atoms with van der Waals surface area (Å²) in [5, 5.41) is 18.8. The smallest absolute Gasteiger partial charge is 0.319 e. The number of hydrogen-bond acceptors (Lipinski definition) is 3. The number of aryl methyl sites for hydroxylation is 1. The van der Waals surface area contributed by atoms with E-state index in [1.54, 1.807) is 17.1 Å². The lowest BCUT2D eigenvalue weighted by Gasteiger charge is -2.08. The lowest BCUT2D eigenvalue weighted by Crippen LogP contribution is -2.31. The molecular formula is C12H22N4O2. The molecule has 1 unspecified atom stereocenters. The number of rotatable bonds is 7. The minimum atomic E-state index is -0.349. The highest BCUT2D eigenvalue weighted by molar-refractivity contribution is 5.88. The molecule has 6 nitrogen and oxygen atoms in total. The van der Waals surface area contributed by atoms with Crippen LogP contribution in [0.2, 0.25) is 0 Å². The van der Waals surface area contributed by atoms with Crippen LogP contribution in [-0.4, -0.2) is 33.6 Å². The predicted octanol–water partition coefficient (Wildman–Crippen LogP) is 1.58. The molecular weight excluding hydrogens is 232 g/mol. The second-order valence-corrected chi connectivity index (χ2v) is 4.22. The van der Waals surface area contributed by atoms with Crippen molar-refractivity contribution in [1.82, 2.24) is 15.1 Å². The Morgan fingerprint density at radius 3 is 3.00 bits per heavy atom. The molecule has 1 atom stereocenters. The molecule has 1 rings (SSSR count). The molecule has 6 heteroatoms. The molecule has 1 heterocycles. The first-order chi connectivity index (χ1) is 8.65. The second-order valence-electron chi connectivity index (χ2n) is 4.22. The summed E-state index contributed by atoms with van der Waals surface area (Å²) >= 11 is 0. The third-order valence-corrected chi connectivity index (χ3v) is 2.58. The summed E-state index contributed by atoms with van der Waals surface area (Å²) in [6.07, 6.45) is 5.34. The standard InChI is InChI=1S/C12H22N4O2/c1-3-7-16-9-10(8-14-16)15-12(18)13-6-5-11(17)4-2/h8-9,11,17H,3-7H2,1-2H3,(H2,13,15,18). The second kappa shape index (κ2) is 7.71. The number of aliphatic hydroxyl groups excluding tert-OH is 1. The van der Waals surface area contributed by atoms with E-state index in [-0.39, 0.29) is 12.1 Å². The molecule has 0 radical (unpaired) electrons. The van der Waals surface area contributed by atoms with Crippen LogP contribution in [0.1, 0.15) is 33.1 Å². The first-order valence-electron chi connectivity index (χ1n) is 6.41. The van der Waals surface area contributed by atoms with Crippen molar-refractivity contribution in [3.63, 3.8) is 0 Å². The van der Waals surface area contributed by atoms with Crippen molar-refractivity contribution in [2.45, 2.75) is 45.8 Å². The Hall–Kier alpha value is -1.56. The molecule has 102 valence electrons. The summed E-state index contributed by atoms with van der Waals surface area (Å²) in [7, 11) is 0. The van der Waals surface area contributed by atoms with Gasteiger partial charge in [0, 0.05) is 19.3 Å². The van der Waals surface area contributed by atoms with Crippen LogP contribution >= 0.6 is 0 Å². The van der Waals surface area contributed by atoms with Gasteiger partial charge in [0.05, 0.1) is 18.0 Å². The number of carbonyl (C=O) groups is 1. The fraction of sp³-hybridized carbons (Fsp3) is 0.667. The monoisotopic (exact) mass is 254 g/mol. The van der Waals surface area contributed by atoms with E-state index in [0.717, 1.165) is 13.0 Å². The maximum atomic E-state index is 11.5. The number of nitrogens with zero attached hydrogens (tertiary/aromatic N) is 2. The quantitative estimate of drug-likeness (QED) is 0.691. The average Bonchev–Trinajstić information content (AvgIpc) is 2.76. The van der Waals surface area contributed by atoms with Crippen LogP contribution in [0.4, 0.5) is 10.5 Å². The number of amides is 2. The predicted molar refractivity (Wildman–Crippen MR) is 70.5 cm³/mol. The van der Waals surface area contributed by atoms with Gasteiger partial charge in [0.1, 0.15) is 0 Å². The van der Waals surface area contributed by atoms with Gasteiger partial charge in [0.15, 0.2) is 0 Å². The molecule has 0 fully saturated rings. The Labute approximate surface area is 107 Å². The van der Waals surface area contributed by atoms with Gasteiger partial charge in [-0.25, -0.2) is 4.79 Å². The van der Waals surface area contributed by atoms with E-state index in [2.05, 4.69) is 22.7 Å². The van der Waals surface area contributed by atoms with Gasteiger partial charge in [-0.3, -0.25) is 4.68 Å². The van der Waals surface area contributed by atoms with Crippen molar-refractivity contribution in [3.05, 3.63) is 12.4 Å². The number of hydrogen-bond donors (Lipinski definition) is 3. The molecule has 2 amide bonds. The Bertz CT molecular complexity index is 365. The van der Waals surface area contributed by atoms with Gasteiger partial charge in [-0.05, 0) is 19.3 Å². The van der Waals surface area contributed by atoms with Crippen molar-refractivity contribution in [3.8, 4) is 0 Å². The summed E-state index contributed by atoms with van der Waals surface area (Å²) in [4.78, 5) is 11.5. The van der Waals surface area contributed by atoms with Gasteiger partial charge in [0.2, 0.25) is 0 Å². The summed E-state index contributed by atoms with van der Waals surface area (Å²) in [6.45, 7) is 5.28. The fourth-order valence-electron chi connectivity index (χ4n) is 1.51. The molecule has 3 N–H and O–H groups in total.